The van der Waals surface area contributed by atoms with Gasteiger partial charge in [0, 0.05) is 11.8 Å². The average molecular weight is 312 g/mol. The van der Waals surface area contributed by atoms with Crippen LogP contribution in [0.2, 0.25) is 0 Å². The Morgan fingerprint density at radius 1 is 1.45 bits per heavy atom. The van der Waals surface area contributed by atoms with E-state index in [-0.39, 0.29) is 0 Å². The Labute approximate surface area is 122 Å². The van der Waals surface area contributed by atoms with E-state index in [4.69, 9.17) is 0 Å². The zero-order valence-electron chi connectivity index (χ0n) is 12.0. The van der Waals surface area contributed by atoms with Crippen LogP contribution in [0, 0.1) is 0 Å². The molecule has 7 heteroatoms. The van der Waals surface area contributed by atoms with Crippen LogP contribution in [-0.2, 0) is 4.79 Å². The van der Waals surface area contributed by atoms with E-state index >= 15 is 0 Å². The largest absolute Gasteiger partial charge is 0.405 e. The highest BCUT2D eigenvalue weighted by Gasteiger charge is 2.31. The summed E-state index contributed by atoms with van der Waals surface area (Å²) in [7, 11) is 0. The molecule has 0 aromatic rings. The number of rotatable bonds is 5. The second-order valence-corrected chi connectivity index (χ2v) is 6.65. The van der Waals surface area contributed by atoms with Gasteiger partial charge in [0.1, 0.15) is 6.54 Å². The van der Waals surface area contributed by atoms with Crippen LogP contribution in [0.1, 0.15) is 33.1 Å². The molecule has 1 amide bonds. The van der Waals surface area contributed by atoms with Crippen molar-refractivity contribution < 1.29 is 18.0 Å². The quantitative estimate of drug-likeness (QED) is 0.847. The number of hydrogen-bond donors (Lipinski definition) is 1. The smallest absolute Gasteiger partial charge is 0.346 e. The summed E-state index contributed by atoms with van der Waals surface area (Å²) in [5.41, 5.74) is 0. The van der Waals surface area contributed by atoms with Gasteiger partial charge in [-0.25, -0.2) is 0 Å². The molecule has 0 aliphatic carbocycles. The van der Waals surface area contributed by atoms with Crippen molar-refractivity contribution in [3.63, 3.8) is 0 Å². The van der Waals surface area contributed by atoms with Crippen LogP contribution in [0.3, 0.4) is 0 Å². The number of halogens is 3. The number of nitrogens with zero attached hydrogens (tertiary/aromatic N) is 1. The topological polar surface area (TPSA) is 32.3 Å². The summed E-state index contributed by atoms with van der Waals surface area (Å²) in [6.07, 6.45) is -1.12. The van der Waals surface area contributed by atoms with Crippen molar-refractivity contribution in [1.29, 1.82) is 0 Å². The van der Waals surface area contributed by atoms with Crippen molar-refractivity contribution >= 4 is 17.7 Å². The molecule has 1 aliphatic heterocycles. The summed E-state index contributed by atoms with van der Waals surface area (Å²) in [5, 5.41) is 2.45. The van der Waals surface area contributed by atoms with Gasteiger partial charge in [-0.3, -0.25) is 9.69 Å². The molecule has 0 radical (unpaired) electrons. The average Bonchev–Trinajstić information content (AvgIpc) is 2.60. The van der Waals surface area contributed by atoms with Gasteiger partial charge in [0.25, 0.3) is 0 Å². The van der Waals surface area contributed by atoms with Gasteiger partial charge in [0.15, 0.2) is 0 Å². The van der Waals surface area contributed by atoms with E-state index < -0.39 is 24.7 Å². The summed E-state index contributed by atoms with van der Waals surface area (Å²) >= 11 is 1.86. The summed E-state index contributed by atoms with van der Waals surface area (Å²) in [5.74, 6) is 0.483. The van der Waals surface area contributed by atoms with Crippen molar-refractivity contribution in [3.8, 4) is 0 Å². The second-order valence-electron chi connectivity index (χ2n) is 5.08. The number of hydrogen-bond acceptors (Lipinski definition) is 3. The maximum absolute atomic E-state index is 12.1. The molecule has 0 aromatic carbocycles. The third kappa shape index (κ3) is 6.35. The van der Waals surface area contributed by atoms with Gasteiger partial charge in [-0.1, -0.05) is 13.3 Å². The molecule has 1 heterocycles. The Kier molecular flexibility index (Phi) is 7.15. The van der Waals surface area contributed by atoms with Crippen molar-refractivity contribution in [2.24, 2.45) is 0 Å². The molecule has 118 valence electrons. The molecule has 1 saturated heterocycles. The number of nitrogens with one attached hydrogen (secondary N) is 1. The fourth-order valence-electron chi connectivity index (χ4n) is 2.36. The van der Waals surface area contributed by atoms with Gasteiger partial charge >= 0.3 is 6.18 Å². The number of amides is 1. The molecule has 0 aromatic heterocycles. The Hall–Kier alpha value is -0.430. The SMILES string of the molecule is CCSC1CCCCN(C(C)C(=O)NCC(F)(F)F)C1. The number of carbonyl (C=O) groups excluding carboxylic acids is 1. The minimum Gasteiger partial charge on any atom is -0.346 e. The predicted molar refractivity (Wildman–Crippen MR) is 75.9 cm³/mol. The van der Waals surface area contributed by atoms with Crippen LogP contribution < -0.4 is 5.32 Å². The lowest BCUT2D eigenvalue weighted by atomic mass is 10.2. The molecule has 1 N–H and O–H groups in total. The van der Waals surface area contributed by atoms with Crippen molar-refractivity contribution in [1.82, 2.24) is 10.2 Å². The summed E-state index contributed by atoms with van der Waals surface area (Å²) in [4.78, 5) is 13.8. The predicted octanol–water partition coefficient (Wildman–Crippen LogP) is 2.66. The highest BCUT2D eigenvalue weighted by molar-refractivity contribution is 7.99. The van der Waals surface area contributed by atoms with Crippen LogP contribution in [0.15, 0.2) is 0 Å². The fraction of sp³-hybridized carbons (Fsp3) is 0.923. The molecule has 0 saturated carbocycles. The van der Waals surface area contributed by atoms with E-state index in [1.165, 1.54) is 0 Å². The Bertz CT molecular complexity index is 312. The first-order valence-electron chi connectivity index (χ1n) is 7.03. The zero-order valence-corrected chi connectivity index (χ0v) is 12.8. The molecular formula is C13H23F3N2OS. The van der Waals surface area contributed by atoms with Crippen LogP contribution >= 0.6 is 11.8 Å². The van der Waals surface area contributed by atoms with Gasteiger partial charge in [-0.15, -0.1) is 0 Å². The maximum atomic E-state index is 12.1. The zero-order chi connectivity index (χ0) is 15.2. The summed E-state index contributed by atoms with van der Waals surface area (Å²) in [6.45, 7) is 4.09. The summed E-state index contributed by atoms with van der Waals surface area (Å²) < 4.78 is 36.4. The molecule has 3 nitrogen and oxygen atoms in total. The standard InChI is InChI=1S/C13H23F3N2OS/c1-3-20-11-6-4-5-7-18(8-11)10(2)12(19)17-9-13(14,15)16/h10-11H,3-9H2,1-2H3,(H,17,19). The van der Waals surface area contributed by atoms with Gasteiger partial charge in [0.05, 0.1) is 6.04 Å². The van der Waals surface area contributed by atoms with Crippen LogP contribution in [0.25, 0.3) is 0 Å². The molecule has 20 heavy (non-hydrogen) atoms. The number of alkyl halides is 3. The molecule has 1 fully saturated rings. The highest BCUT2D eigenvalue weighted by atomic mass is 32.2. The first-order valence-corrected chi connectivity index (χ1v) is 8.08. The monoisotopic (exact) mass is 312 g/mol. The molecule has 2 unspecified atom stereocenters. The lowest BCUT2D eigenvalue weighted by Crippen LogP contribution is -2.48. The van der Waals surface area contributed by atoms with Gasteiger partial charge < -0.3 is 5.32 Å². The molecule has 0 bridgehead atoms. The lowest BCUT2D eigenvalue weighted by Gasteiger charge is -2.29. The third-order valence-corrected chi connectivity index (χ3v) is 4.64. The van der Waals surface area contributed by atoms with Gasteiger partial charge in [0.2, 0.25) is 5.91 Å². The van der Waals surface area contributed by atoms with E-state index in [1.807, 2.05) is 22.0 Å². The number of thioether (sulfide) groups is 1. The van der Waals surface area contributed by atoms with Crippen molar-refractivity contribution in [2.75, 3.05) is 25.4 Å². The summed E-state index contributed by atoms with van der Waals surface area (Å²) in [6, 6.07) is -0.504. The lowest BCUT2D eigenvalue weighted by molar-refractivity contribution is -0.141. The van der Waals surface area contributed by atoms with Crippen LogP contribution in [0.4, 0.5) is 13.2 Å². The first kappa shape index (κ1) is 17.6. The molecule has 1 aliphatic rings. The Morgan fingerprint density at radius 3 is 2.75 bits per heavy atom. The minimum absolute atomic E-state index is 0.473. The minimum atomic E-state index is -4.35. The normalized spacial score (nSPS) is 23.1. The van der Waals surface area contributed by atoms with E-state index in [1.54, 1.807) is 6.92 Å². The fourth-order valence-corrected chi connectivity index (χ4v) is 3.46. The molecule has 1 rings (SSSR count). The van der Waals surface area contributed by atoms with Gasteiger partial charge in [-0.05, 0) is 32.1 Å². The molecular weight excluding hydrogens is 289 g/mol. The van der Waals surface area contributed by atoms with Crippen molar-refractivity contribution in [3.05, 3.63) is 0 Å². The first-order chi connectivity index (χ1) is 9.33. The van der Waals surface area contributed by atoms with Crippen molar-refractivity contribution in [2.45, 2.75) is 50.6 Å². The number of likely N-dealkylation sites (tertiary alicyclic amines) is 1. The number of carbonyl (C=O) groups is 1. The molecule has 2 atom stereocenters. The van der Waals surface area contributed by atoms with E-state index in [2.05, 4.69) is 6.92 Å². The maximum Gasteiger partial charge on any atom is 0.405 e. The van der Waals surface area contributed by atoms with Crippen LogP contribution in [0.5, 0.6) is 0 Å². The third-order valence-electron chi connectivity index (χ3n) is 3.45. The van der Waals surface area contributed by atoms with E-state index in [0.717, 1.165) is 38.1 Å². The van der Waals surface area contributed by atoms with E-state index in [0.29, 0.717) is 5.25 Å². The highest BCUT2D eigenvalue weighted by Crippen LogP contribution is 2.23. The molecule has 0 spiro atoms. The Balaban J connectivity index is 2.50. The second kappa shape index (κ2) is 8.12. The Morgan fingerprint density at radius 2 is 2.15 bits per heavy atom. The van der Waals surface area contributed by atoms with E-state index in [9.17, 15) is 18.0 Å². The van der Waals surface area contributed by atoms with Gasteiger partial charge in [-0.2, -0.15) is 24.9 Å². The van der Waals surface area contributed by atoms with Crippen LogP contribution in [-0.4, -0.2) is 53.7 Å².